The number of carbonyl (C=O) groups excluding carboxylic acids is 1. The third kappa shape index (κ3) is 3.46. The summed E-state index contributed by atoms with van der Waals surface area (Å²) < 4.78 is 39.5. The molecule has 10 heteroatoms. The Morgan fingerprint density at radius 2 is 1.93 bits per heavy atom. The first kappa shape index (κ1) is 18.4. The van der Waals surface area contributed by atoms with Crippen molar-refractivity contribution in [1.29, 1.82) is 0 Å². The number of pyridine rings is 1. The van der Waals surface area contributed by atoms with Gasteiger partial charge in [0.25, 0.3) is 11.5 Å². The number of aromatic nitrogens is 3. The molecule has 3 aromatic rings. The number of aromatic amines is 1. The van der Waals surface area contributed by atoms with E-state index in [9.17, 15) is 27.6 Å². The van der Waals surface area contributed by atoms with Crippen molar-refractivity contribution in [1.82, 2.24) is 14.5 Å². The smallest absolute Gasteiger partial charge is 0.322 e. The molecule has 0 radical (unpaired) electrons. The van der Waals surface area contributed by atoms with Gasteiger partial charge in [0.2, 0.25) is 0 Å². The van der Waals surface area contributed by atoms with Gasteiger partial charge in [-0.05, 0) is 31.2 Å². The van der Waals surface area contributed by atoms with Crippen LogP contribution in [0, 0.1) is 6.92 Å². The van der Waals surface area contributed by atoms with Crippen LogP contribution in [0.3, 0.4) is 0 Å². The molecule has 2 N–H and O–H groups in total. The first-order valence-electron chi connectivity index (χ1n) is 7.67. The molecule has 140 valence electrons. The number of nitrogens with zero attached hydrogens (tertiary/aromatic N) is 2. The fraction of sp³-hybridized carbons (Fsp3) is 0.176. The minimum absolute atomic E-state index is 0.00376. The Kier molecular flexibility index (Phi) is 4.34. The van der Waals surface area contributed by atoms with Gasteiger partial charge in [0.1, 0.15) is 5.65 Å². The Balaban J connectivity index is 2.03. The maximum absolute atomic E-state index is 12.8. The number of rotatable bonds is 2. The molecule has 3 rings (SSSR count). The number of H-pyrrole nitrogens is 1. The second kappa shape index (κ2) is 6.38. The van der Waals surface area contributed by atoms with Crippen molar-refractivity contribution in [3.8, 4) is 0 Å². The number of alkyl halides is 3. The number of nitrogens with one attached hydrogen (secondary N) is 2. The Labute approximate surface area is 149 Å². The summed E-state index contributed by atoms with van der Waals surface area (Å²) in [5.74, 6) is -0.727. The lowest BCUT2D eigenvalue weighted by atomic mass is 10.1. The highest BCUT2D eigenvalue weighted by molar-refractivity contribution is 6.06. The Morgan fingerprint density at radius 1 is 1.22 bits per heavy atom. The molecule has 2 aromatic heterocycles. The number of fused-ring (bicyclic) bond motifs is 1. The van der Waals surface area contributed by atoms with Crippen molar-refractivity contribution < 1.29 is 18.0 Å². The molecule has 0 fully saturated rings. The van der Waals surface area contributed by atoms with Crippen LogP contribution in [0.2, 0.25) is 0 Å². The van der Waals surface area contributed by atoms with Gasteiger partial charge in [0, 0.05) is 12.7 Å². The second-order valence-corrected chi connectivity index (χ2v) is 5.84. The number of hydrogen-bond acceptors (Lipinski definition) is 4. The van der Waals surface area contributed by atoms with Crippen LogP contribution >= 0.6 is 0 Å². The van der Waals surface area contributed by atoms with Crippen molar-refractivity contribution >= 4 is 22.6 Å². The molecule has 0 aliphatic carbocycles. The summed E-state index contributed by atoms with van der Waals surface area (Å²) in [5.41, 5.74) is -2.01. The minimum atomic E-state index is -4.54. The average Bonchev–Trinajstić information content (AvgIpc) is 2.59. The summed E-state index contributed by atoms with van der Waals surface area (Å²) in [4.78, 5) is 42.3. The van der Waals surface area contributed by atoms with Crippen LogP contribution in [-0.4, -0.2) is 20.4 Å². The van der Waals surface area contributed by atoms with E-state index in [4.69, 9.17) is 0 Å². The van der Waals surface area contributed by atoms with Crippen LogP contribution in [0.5, 0.6) is 0 Å². The summed E-state index contributed by atoms with van der Waals surface area (Å²) >= 11 is 0. The Morgan fingerprint density at radius 3 is 2.59 bits per heavy atom. The highest BCUT2D eigenvalue weighted by Crippen LogP contribution is 2.30. The van der Waals surface area contributed by atoms with Crippen LogP contribution in [0.25, 0.3) is 11.0 Å². The molecule has 1 amide bonds. The number of benzene rings is 1. The molecule has 0 aliphatic heterocycles. The lowest BCUT2D eigenvalue weighted by Crippen LogP contribution is -2.29. The first-order chi connectivity index (χ1) is 12.6. The van der Waals surface area contributed by atoms with E-state index >= 15 is 0 Å². The van der Waals surface area contributed by atoms with Crippen LogP contribution in [0.4, 0.5) is 18.9 Å². The summed E-state index contributed by atoms with van der Waals surface area (Å²) in [6.45, 7) is 1.49. The molecule has 1 aromatic carbocycles. The molecule has 0 unspecified atom stereocenters. The molecular weight excluding hydrogens is 365 g/mol. The van der Waals surface area contributed by atoms with Gasteiger partial charge in [-0.3, -0.25) is 19.1 Å². The highest BCUT2D eigenvalue weighted by atomic mass is 19.4. The molecule has 2 heterocycles. The highest BCUT2D eigenvalue weighted by Gasteiger charge is 2.30. The first-order valence-corrected chi connectivity index (χ1v) is 7.67. The topological polar surface area (TPSA) is 96.8 Å². The molecule has 27 heavy (non-hydrogen) atoms. The fourth-order valence-corrected chi connectivity index (χ4v) is 2.56. The van der Waals surface area contributed by atoms with Crippen molar-refractivity contribution in [3.05, 3.63) is 68.0 Å². The van der Waals surface area contributed by atoms with E-state index in [1.54, 1.807) is 0 Å². The Bertz CT molecular complexity index is 1180. The van der Waals surface area contributed by atoms with E-state index in [1.807, 2.05) is 0 Å². The predicted molar refractivity (Wildman–Crippen MR) is 91.7 cm³/mol. The minimum Gasteiger partial charge on any atom is -0.322 e. The van der Waals surface area contributed by atoms with Gasteiger partial charge in [-0.15, -0.1) is 0 Å². The number of amides is 1. The molecule has 0 saturated heterocycles. The quantitative estimate of drug-likeness (QED) is 0.715. The number of anilines is 1. The van der Waals surface area contributed by atoms with Gasteiger partial charge in [-0.1, -0.05) is 6.07 Å². The lowest BCUT2D eigenvalue weighted by molar-refractivity contribution is -0.137. The molecule has 0 saturated carbocycles. The van der Waals surface area contributed by atoms with E-state index < -0.39 is 28.9 Å². The van der Waals surface area contributed by atoms with E-state index in [1.165, 1.54) is 32.2 Å². The van der Waals surface area contributed by atoms with Crippen molar-refractivity contribution in [2.45, 2.75) is 13.1 Å². The molecular formula is C17H13F3N4O3. The summed E-state index contributed by atoms with van der Waals surface area (Å²) in [6, 6.07) is 5.42. The van der Waals surface area contributed by atoms with E-state index in [-0.39, 0.29) is 28.0 Å². The largest absolute Gasteiger partial charge is 0.416 e. The normalized spacial score (nSPS) is 11.6. The van der Waals surface area contributed by atoms with Gasteiger partial charge < -0.3 is 5.32 Å². The Hall–Kier alpha value is -3.43. The molecule has 7 nitrogen and oxygen atoms in total. The van der Waals surface area contributed by atoms with Gasteiger partial charge in [-0.2, -0.15) is 13.2 Å². The maximum atomic E-state index is 12.8. The van der Waals surface area contributed by atoms with E-state index in [2.05, 4.69) is 15.3 Å². The SMILES string of the molecule is Cc1nc2c(cc1C(=O)Nc1cccc(C(F)(F)F)c1)c(=O)[nH]c(=O)n2C. The zero-order chi connectivity index (χ0) is 19.9. The third-order valence-corrected chi connectivity index (χ3v) is 3.97. The fourth-order valence-electron chi connectivity index (χ4n) is 2.56. The third-order valence-electron chi connectivity index (χ3n) is 3.97. The second-order valence-electron chi connectivity index (χ2n) is 5.84. The van der Waals surface area contributed by atoms with Crippen LogP contribution in [0.1, 0.15) is 21.6 Å². The van der Waals surface area contributed by atoms with Crippen molar-refractivity contribution in [3.63, 3.8) is 0 Å². The van der Waals surface area contributed by atoms with Crippen LogP contribution in [0.15, 0.2) is 39.9 Å². The zero-order valence-electron chi connectivity index (χ0n) is 14.1. The lowest BCUT2D eigenvalue weighted by Gasteiger charge is -2.12. The maximum Gasteiger partial charge on any atom is 0.416 e. The van der Waals surface area contributed by atoms with Gasteiger partial charge in [0.05, 0.1) is 22.2 Å². The number of hydrogen-bond donors (Lipinski definition) is 2. The van der Waals surface area contributed by atoms with E-state index in [0.717, 1.165) is 16.7 Å². The standard InChI is InChI=1S/C17H13F3N4O3/c1-8-11(7-12-13(21-8)24(2)16(27)23-15(12)26)14(25)22-10-5-3-4-9(6-10)17(18,19)20/h3-7H,1-2H3,(H,22,25)(H,23,26,27). The van der Waals surface area contributed by atoms with Crippen molar-refractivity contribution in [2.24, 2.45) is 7.05 Å². The van der Waals surface area contributed by atoms with Gasteiger partial charge in [-0.25, -0.2) is 9.78 Å². The summed E-state index contributed by atoms with van der Waals surface area (Å²) in [6.07, 6.45) is -4.54. The molecule has 0 bridgehead atoms. The summed E-state index contributed by atoms with van der Waals surface area (Å²) in [7, 11) is 1.41. The van der Waals surface area contributed by atoms with Gasteiger partial charge in [0.15, 0.2) is 0 Å². The monoisotopic (exact) mass is 378 g/mol. The number of halogens is 3. The van der Waals surface area contributed by atoms with Gasteiger partial charge >= 0.3 is 11.9 Å². The van der Waals surface area contributed by atoms with Crippen molar-refractivity contribution in [2.75, 3.05) is 5.32 Å². The molecule has 0 spiro atoms. The predicted octanol–water partition coefficient (Wildman–Crippen LogP) is 2.20. The zero-order valence-corrected chi connectivity index (χ0v) is 14.1. The molecule has 0 atom stereocenters. The molecule has 0 aliphatic rings. The summed E-state index contributed by atoms with van der Waals surface area (Å²) in [5, 5.41) is 2.37. The van der Waals surface area contributed by atoms with E-state index in [0.29, 0.717) is 0 Å². The van der Waals surface area contributed by atoms with Crippen LogP contribution < -0.4 is 16.6 Å². The number of carbonyl (C=O) groups is 1. The van der Waals surface area contributed by atoms with Crippen LogP contribution in [-0.2, 0) is 13.2 Å². The number of aryl methyl sites for hydroxylation is 2. The average molecular weight is 378 g/mol.